The molecule has 4 aliphatic heterocycles. The van der Waals surface area contributed by atoms with Crippen molar-refractivity contribution in [1.29, 1.82) is 0 Å². The summed E-state index contributed by atoms with van der Waals surface area (Å²) >= 11 is 0. The Morgan fingerprint density at radius 2 is 1.38 bits per heavy atom. The summed E-state index contributed by atoms with van der Waals surface area (Å²) in [6.45, 7) is 14.7. The Morgan fingerprint density at radius 1 is 0.750 bits per heavy atom. The molecule has 0 radical (unpaired) electrons. The number of hydrogen-bond donors (Lipinski definition) is 0. The van der Waals surface area contributed by atoms with Crippen LogP contribution < -0.4 is 9.80 Å². The van der Waals surface area contributed by atoms with E-state index < -0.39 is 11.9 Å². The molecule has 266 valence electrons. The zero-order valence-corrected chi connectivity index (χ0v) is 30.7. The van der Waals surface area contributed by atoms with E-state index in [4.69, 9.17) is 4.98 Å². The smallest absolute Gasteiger partial charge is 0.225 e. The lowest BCUT2D eigenvalue weighted by molar-refractivity contribution is 0.232. The summed E-state index contributed by atoms with van der Waals surface area (Å²) in [5.74, 6) is -1.57. The van der Waals surface area contributed by atoms with E-state index in [0.29, 0.717) is 29.7 Å². The molecule has 8 nitrogen and oxygen atoms in total. The fraction of sp³-hybridized carbons (Fsp3) is 0.357. The van der Waals surface area contributed by atoms with Crippen LogP contribution in [0.4, 0.5) is 20.2 Å². The Morgan fingerprint density at radius 3 is 2.12 bits per heavy atom. The van der Waals surface area contributed by atoms with Crippen LogP contribution in [0.25, 0.3) is 16.9 Å². The largest absolute Gasteiger partial charge is 0.353 e. The van der Waals surface area contributed by atoms with E-state index in [1.54, 1.807) is 6.20 Å². The summed E-state index contributed by atoms with van der Waals surface area (Å²) in [5, 5.41) is 0. The van der Waals surface area contributed by atoms with Crippen molar-refractivity contribution in [2.75, 3.05) is 22.9 Å². The molecule has 0 aliphatic carbocycles. The van der Waals surface area contributed by atoms with Gasteiger partial charge in [-0.05, 0) is 102 Å². The molecule has 5 aromatic rings. The van der Waals surface area contributed by atoms with Crippen LogP contribution >= 0.6 is 0 Å². The molecule has 0 saturated heterocycles. The molecule has 2 bridgehead atoms. The van der Waals surface area contributed by atoms with Crippen LogP contribution in [0.3, 0.4) is 0 Å². The van der Waals surface area contributed by atoms with Gasteiger partial charge in [0.2, 0.25) is 11.9 Å². The minimum absolute atomic E-state index is 0.0543. The van der Waals surface area contributed by atoms with Gasteiger partial charge in [-0.3, -0.25) is 4.98 Å². The summed E-state index contributed by atoms with van der Waals surface area (Å²) in [5.41, 5.74) is 13.7. The maximum Gasteiger partial charge on any atom is 0.225 e. The second-order valence-corrected chi connectivity index (χ2v) is 14.7. The molecule has 52 heavy (non-hydrogen) atoms. The van der Waals surface area contributed by atoms with Crippen LogP contribution in [0.15, 0.2) is 89.8 Å². The minimum Gasteiger partial charge on any atom is -0.353 e. The third-order valence-corrected chi connectivity index (χ3v) is 12.2. The molecule has 10 heteroatoms. The number of para-hydroxylation sites is 2. The molecule has 9 rings (SSSR count). The number of allylic oxidation sites excluding steroid dienone is 4. The molecule has 3 atom stereocenters. The van der Waals surface area contributed by atoms with Gasteiger partial charge in [-0.1, -0.05) is 36.4 Å². The van der Waals surface area contributed by atoms with Crippen LogP contribution in [-0.2, 0) is 6.42 Å². The average Bonchev–Trinajstić information content (AvgIpc) is 3.78. The van der Waals surface area contributed by atoms with Crippen LogP contribution in [-0.4, -0.2) is 54.6 Å². The Labute approximate surface area is 303 Å². The third kappa shape index (κ3) is 4.72. The number of halogens is 2. The van der Waals surface area contributed by atoms with Gasteiger partial charge in [0.05, 0.1) is 17.2 Å². The Hall–Kier alpha value is -5.25. The van der Waals surface area contributed by atoms with Gasteiger partial charge in [-0.2, -0.15) is 13.8 Å². The van der Waals surface area contributed by atoms with Crippen molar-refractivity contribution >= 4 is 17.0 Å². The molecule has 4 aliphatic rings. The normalized spacial score (nSPS) is 21.2. The second-order valence-electron chi connectivity index (χ2n) is 14.7. The highest BCUT2D eigenvalue weighted by molar-refractivity contribution is 5.77. The average molecular weight is 699 g/mol. The van der Waals surface area contributed by atoms with Crippen molar-refractivity contribution in [1.82, 2.24) is 29.2 Å². The summed E-state index contributed by atoms with van der Waals surface area (Å²) in [6.07, 6.45) is 6.72. The number of benzene rings is 2. The number of anilines is 2. The number of aryl methyl sites for hydroxylation is 3. The van der Waals surface area contributed by atoms with Gasteiger partial charge >= 0.3 is 0 Å². The van der Waals surface area contributed by atoms with Crippen molar-refractivity contribution in [3.63, 3.8) is 0 Å². The first-order valence-corrected chi connectivity index (χ1v) is 18.5. The molecule has 3 aromatic heterocycles. The van der Waals surface area contributed by atoms with Gasteiger partial charge in [-0.15, -0.1) is 0 Å². The molecular formula is C42H44F2N8. The maximum absolute atomic E-state index is 15.9. The number of fused-ring (bicyclic) bond motifs is 9. The van der Waals surface area contributed by atoms with Gasteiger partial charge in [-0.25, -0.2) is 4.98 Å². The summed E-state index contributed by atoms with van der Waals surface area (Å²) in [4.78, 5) is 23.2. The number of nitrogens with zero attached hydrogens (tertiary/aromatic N) is 8. The van der Waals surface area contributed by atoms with Gasteiger partial charge in [0.25, 0.3) is 0 Å². The van der Waals surface area contributed by atoms with Crippen molar-refractivity contribution in [2.24, 2.45) is 0 Å². The predicted octanol–water partition coefficient (Wildman–Crippen LogP) is 8.66. The molecular weight excluding hydrogens is 655 g/mol. The number of hydrogen-bond acceptors (Lipinski definition) is 7. The SMILES string of the molecule is CC1=C(C)N2c3ccccc3C3c4ccccc4N4C(C)=C(C)N(CCCCN1C2CCc1cc(F)nc(F)c1-c1nccn2c(C)c(C)nc12)C34. The van der Waals surface area contributed by atoms with E-state index in [-0.39, 0.29) is 23.8 Å². The first kappa shape index (κ1) is 32.6. The van der Waals surface area contributed by atoms with E-state index in [9.17, 15) is 4.39 Å². The number of aromatic nitrogens is 4. The Balaban J connectivity index is 1.16. The van der Waals surface area contributed by atoms with E-state index in [0.717, 1.165) is 37.3 Å². The van der Waals surface area contributed by atoms with Crippen LogP contribution in [0, 0.1) is 25.7 Å². The van der Waals surface area contributed by atoms with Crippen LogP contribution in [0.5, 0.6) is 0 Å². The lowest BCUT2D eigenvalue weighted by atomic mass is 9.88. The van der Waals surface area contributed by atoms with E-state index in [1.165, 1.54) is 51.4 Å². The number of imidazole rings is 1. The van der Waals surface area contributed by atoms with Crippen LogP contribution in [0.2, 0.25) is 0 Å². The maximum atomic E-state index is 15.9. The highest BCUT2D eigenvalue weighted by Gasteiger charge is 2.49. The lowest BCUT2D eigenvalue weighted by Gasteiger charge is -2.39. The first-order chi connectivity index (χ1) is 25.2. The van der Waals surface area contributed by atoms with Crippen molar-refractivity contribution in [2.45, 2.75) is 85.5 Å². The van der Waals surface area contributed by atoms with E-state index in [1.807, 2.05) is 24.4 Å². The standard InChI is InChI=1S/C42H44F2N8/c1-24-25(2)49-22-19-45-39(41(49)46-24)37-30(23-35(43)47-40(37)44)17-18-36-48-20-11-12-21-50-27(4)29(6)52-34-16-10-8-14-32(34)38(42(50)52)31-13-7-9-15-33(31)51(36)28(5)26(48)3/h7-10,13-16,19,22-23,36,38,42H,11-12,17-18,20-21H2,1-6H3. The van der Waals surface area contributed by atoms with Crippen LogP contribution in [0.1, 0.15) is 81.0 Å². The molecule has 0 N–H and O–H groups in total. The lowest BCUT2D eigenvalue weighted by Crippen LogP contribution is -2.45. The van der Waals surface area contributed by atoms with E-state index >= 15 is 4.39 Å². The van der Waals surface area contributed by atoms with E-state index in [2.05, 4.69) is 106 Å². The fourth-order valence-electron chi connectivity index (χ4n) is 9.42. The molecule has 0 fully saturated rings. The summed E-state index contributed by atoms with van der Waals surface area (Å²) in [6, 6.07) is 19.1. The van der Waals surface area contributed by atoms with Gasteiger partial charge < -0.3 is 24.0 Å². The topological polar surface area (TPSA) is 56.0 Å². The Kier molecular flexibility index (Phi) is 7.64. The molecule has 0 saturated carbocycles. The molecule has 0 spiro atoms. The fourth-order valence-corrected chi connectivity index (χ4v) is 9.42. The summed E-state index contributed by atoms with van der Waals surface area (Å²) < 4.78 is 32.8. The first-order valence-electron chi connectivity index (χ1n) is 18.5. The van der Waals surface area contributed by atoms with Gasteiger partial charge in [0, 0.05) is 65.3 Å². The second kappa shape index (κ2) is 12.2. The zero-order chi connectivity index (χ0) is 36.0. The van der Waals surface area contributed by atoms with Crippen molar-refractivity contribution < 1.29 is 8.78 Å². The molecule has 0 amide bonds. The quantitative estimate of drug-likeness (QED) is 0.174. The predicted molar refractivity (Wildman–Crippen MR) is 201 cm³/mol. The number of rotatable bonds is 4. The molecule has 2 aromatic carbocycles. The van der Waals surface area contributed by atoms with Gasteiger partial charge in [0.15, 0.2) is 5.65 Å². The molecule has 7 heterocycles. The minimum atomic E-state index is -0.864. The molecule has 3 unspecified atom stereocenters. The third-order valence-electron chi connectivity index (χ3n) is 12.2. The van der Waals surface area contributed by atoms with Crippen molar-refractivity contribution in [3.05, 3.63) is 130 Å². The summed E-state index contributed by atoms with van der Waals surface area (Å²) in [7, 11) is 0. The Bertz CT molecular complexity index is 2320. The van der Waals surface area contributed by atoms with Crippen molar-refractivity contribution in [3.8, 4) is 11.3 Å². The monoisotopic (exact) mass is 698 g/mol. The zero-order valence-electron chi connectivity index (χ0n) is 30.7. The van der Waals surface area contributed by atoms with Gasteiger partial charge in [0.1, 0.15) is 18.0 Å². The highest BCUT2D eigenvalue weighted by Crippen LogP contribution is 2.54. The number of pyridine rings is 1. The highest BCUT2D eigenvalue weighted by atomic mass is 19.1.